The number of hydrogen-bond donors (Lipinski definition) is 1. The van der Waals surface area contributed by atoms with Crippen molar-refractivity contribution >= 4 is 26.7 Å². The third kappa shape index (κ3) is 4.17. The van der Waals surface area contributed by atoms with Gasteiger partial charge in [-0.25, -0.2) is 13.4 Å². The van der Waals surface area contributed by atoms with Gasteiger partial charge in [0.2, 0.25) is 5.13 Å². The first kappa shape index (κ1) is 20.4. The monoisotopic (exact) mass is 456 g/mol. The van der Waals surface area contributed by atoms with Gasteiger partial charge in [-0.1, -0.05) is 42.8 Å². The van der Waals surface area contributed by atoms with E-state index in [4.69, 9.17) is 4.74 Å². The number of rotatable bonds is 5. The van der Waals surface area contributed by atoms with Crippen molar-refractivity contribution in [3.63, 3.8) is 0 Å². The van der Waals surface area contributed by atoms with Gasteiger partial charge in [0.05, 0.1) is 11.5 Å². The topological polar surface area (TPSA) is 84.4 Å². The molecule has 0 aliphatic carbocycles. The Labute approximate surface area is 186 Å². The van der Waals surface area contributed by atoms with Crippen LogP contribution in [0.25, 0.3) is 0 Å². The molecule has 7 nitrogen and oxygen atoms in total. The Bertz CT molecular complexity index is 1140. The Morgan fingerprint density at radius 1 is 1.06 bits per heavy atom. The van der Waals surface area contributed by atoms with Crippen LogP contribution in [0.5, 0.6) is 5.75 Å². The number of piperidine rings is 1. The summed E-state index contributed by atoms with van der Waals surface area (Å²) >= 11 is 1.00. The lowest BCUT2D eigenvalue weighted by atomic mass is 9.90. The van der Waals surface area contributed by atoms with Gasteiger partial charge in [0.25, 0.3) is 10.0 Å². The Morgan fingerprint density at radius 3 is 2.74 bits per heavy atom. The molecule has 2 atom stereocenters. The van der Waals surface area contributed by atoms with E-state index in [1.54, 1.807) is 12.1 Å². The molecule has 1 N–H and O–H groups in total. The van der Waals surface area contributed by atoms with Crippen LogP contribution in [0.15, 0.2) is 59.8 Å². The van der Waals surface area contributed by atoms with Crippen LogP contribution in [-0.4, -0.2) is 35.8 Å². The molecule has 0 radical (unpaired) electrons. The molecule has 31 heavy (non-hydrogen) atoms. The third-order valence-electron chi connectivity index (χ3n) is 6.02. The van der Waals surface area contributed by atoms with Crippen LogP contribution < -0.4 is 9.46 Å². The minimum absolute atomic E-state index is 0.167. The smallest absolute Gasteiger partial charge is 0.263 e. The van der Waals surface area contributed by atoms with Crippen LogP contribution in [0.3, 0.4) is 0 Å². The van der Waals surface area contributed by atoms with E-state index in [1.807, 2.05) is 6.07 Å². The maximum atomic E-state index is 12.8. The number of nitrogens with one attached hydrogen (secondary N) is 1. The van der Waals surface area contributed by atoms with E-state index in [0.29, 0.717) is 18.4 Å². The van der Waals surface area contributed by atoms with Gasteiger partial charge in [-0.15, -0.1) is 0 Å². The number of hydrogen-bond acceptors (Lipinski definition) is 7. The largest absolute Gasteiger partial charge is 0.493 e. The Kier molecular flexibility index (Phi) is 5.64. The average Bonchev–Trinajstić information content (AvgIpc) is 3.31. The first-order chi connectivity index (χ1) is 15.1. The number of fused-ring (bicyclic) bond motifs is 1. The van der Waals surface area contributed by atoms with Crippen LogP contribution in [-0.2, 0) is 10.0 Å². The van der Waals surface area contributed by atoms with Crippen molar-refractivity contribution in [3.8, 4) is 5.75 Å². The van der Waals surface area contributed by atoms with Crippen molar-refractivity contribution in [2.75, 3.05) is 17.9 Å². The lowest BCUT2D eigenvalue weighted by molar-refractivity contribution is 0.0668. The summed E-state index contributed by atoms with van der Waals surface area (Å²) in [4.78, 5) is 6.65. The molecule has 1 aromatic heterocycles. The SMILES string of the molecule is O=S(=O)(Nc1ncns1)c1ccc2c(c1)OCC[C@@H]2N1CCCC[C@@H]1c1ccccc1. The molecular weight excluding hydrogens is 432 g/mol. The maximum absolute atomic E-state index is 12.8. The molecule has 2 aromatic carbocycles. The molecule has 162 valence electrons. The molecule has 1 fully saturated rings. The molecule has 2 aliphatic heterocycles. The molecule has 0 saturated carbocycles. The van der Waals surface area contributed by atoms with Gasteiger partial charge < -0.3 is 4.74 Å². The van der Waals surface area contributed by atoms with Crippen LogP contribution in [0, 0.1) is 0 Å². The fourth-order valence-corrected chi connectivity index (χ4v) is 6.29. The minimum Gasteiger partial charge on any atom is -0.493 e. The summed E-state index contributed by atoms with van der Waals surface area (Å²) in [5.41, 5.74) is 2.40. The fraction of sp³-hybridized carbons (Fsp3) is 0.364. The second-order valence-corrected chi connectivity index (χ2v) is 10.3. The molecule has 0 unspecified atom stereocenters. The van der Waals surface area contributed by atoms with Crippen molar-refractivity contribution in [1.82, 2.24) is 14.3 Å². The predicted molar refractivity (Wildman–Crippen MR) is 120 cm³/mol. The Balaban J connectivity index is 1.45. The maximum Gasteiger partial charge on any atom is 0.263 e. The highest BCUT2D eigenvalue weighted by Crippen LogP contribution is 2.44. The third-order valence-corrected chi connectivity index (χ3v) is 8.06. The molecule has 2 aliphatic rings. The number of likely N-dealkylation sites (tertiary alicyclic amines) is 1. The van der Waals surface area contributed by atoms with Crippen molar-refractivity contribution in [2.24, 2.45) is 0 Å². The number of aromatic nitrogens is 2. The molecule has 5 rings (SSSR count). The molecule has 0 spiro atoms. The summed E-state index contributed by atoms with van der Waals surface area (Å²) in [7, 11) is -3.75. The number of benzene rings is 2. The highest BCUT2D eigenvalue weighted by molar-refractivity contribution is 7.93. The Morgan fingerprint density at radius 2 is 1.94 bits per heavy atom. The minimum atomic E-state index is -3.75. The highest BCUT2D eigenvalue weighted by atomic mass is 32.2. The first-order valence-electron chi connectivity index (χ1n) is 10.5. The average molecular weight is 457 g/mol. The lowest BCUT2D eigenvalue weighted by Gasteiger charge is -2.43. The van der Waals surface area contributed by atoms with Gasteiger partial charge in [-0.2, -0.15) is 4.37 Å². The zero-order valence-corrected chi connectivity index (χ0v) is 18.6. The van der Waals surface area contributed by atoms with Gasteiger partial charge in [0.1, 0.15) is 12.1 Å². The quantitative estimate of drug-likeness (QED) is 0.613. The fourth-order valence-electron chi connectivity index (χ4n) is 4.61. The number of anilines is 1. The second-order valence-electron chi connectivity index (χ2n) is 7.86. The Hall–Kier alpha value is -2.49. The molecule has 3 aromatic rings. The van der Waals surface area contributed by atoms with E-state index in [9.17, 15) is 8.42 Å². The summed E-state index contributed by atoms with van der Waals surface area (Å²) < 4.78 is 37.8. The van der Waals surface area contributed by atoms with Gasteiger partial charge in [0.15, 0.2) is 0 Å². The summed E-state index contributed by atoms with van der Waals surface area (Å²) in [5, 5.41) is 0.246. The van der Waals surface area contributed by atoms with E-state index in [-0.39, 0.29) is 16.1 Å². The van der Waals surface area contributed by atoms with Crippen molar-refractivity contribution in [2.45, 2.75) is 42.7 Å². The van der Waals surface area contributed by atoms with Gasteiger partial charge in [-0.3, -0.25) is 9.62 Å². The van der Waals surface area contributed by atoms with Gasteiger partial charge in [-0.05, 0) is 31.0 Å². The van der Waals surface area contributed by atoms with Crippen LogP contribution in [0.2, 0.25) is 0 Å². The van der Waals surface area contributed by atoms with Crippen LogP contribution >= 0.6 is 11.5 Å². The van der Waals surface area contributed by atoms with E-state index in [2.05, 4.69) is 49.3 Å². The van der Waals surface area contributed by atoms with E-state index in [0.717, 1.165) is 36.5 Å². The molecule has 0 amide bonds. The molecule has 9 heteroatoms. The summed E-state index contributed by atoms with van der Waals surface area (Å²) in [6.07, 6.45) is 5.75. The number of sulfonamides is 1. The predicted octanol–water partition coefficient (Wildman–Crippen LogP) is 4.39. The molecule has 1 saturated heterocycles. The highest BCUT2D eigenvalue weighted by Gasteiger charge is 2.34. The normalized spacial score (nSPS) is 21.8. The zero-order valence-electron chi connectivity index (χ0n) is 17.0. The molecular formula is C22H24N4O3S2. The first-order valence-corrected chi connectivity index (χ1v) is 12.7. The van der Waals surface area contributed by atoms with Crippen LogP contribution in [0.1, 0.15) is 48.9 Å². The van der Waals surface area contributed by atoms with Crippen molar-refractivity contribution in [3.05, 3.63) is 66.0 Å². The summed E-state index contributed by atoms with van der Waals surface area (Å²) in [6, 6.07) is 16.4. The summed E-state index contributed by atoms with van der Waals surface area (Å²) in [6.45, 7) is 1.60. The standard InChI is InChI=1S/C22H24N4O3S2/c27-31(28,25-22-23-15-24-30-22)17-9-10-18-20(11-13-29-21(18)14-17)26-12-5-4-8-19(26)16-6-2-1-3-7-16/h1-3,6-7,9-10,14-15,19-20H,4-5,8,11-13H2,(H,23,24,25)/t19-,20+/m1/s1. The molecule has 3 heterocycles. The van der Waals surface area contributed by atoms with Crippen LogP contribution in [0.4, 0.5) is 5.13 Å². The van der Waals surface area contributed by atoms with Crippen molar-refractivity contribution < 1.29 is 13.2 Å². The lowest BCUT2D eigenvalue weighted by Crippen LogP contribution is -2.38. The van der Waals surface area contributed by atoms with Crippen molar-refractivity contribution in [1.29, 1.82) is 0 Å². The van der Waals surface area contributed by atoms with E-state index >= 15 is 0 Å². The number of nitrogens with zero attached hydrogens (tertiary/aromatic N) is 3. The van der Waals surface area contributed by atoms with E-state index in [1.165, 1.54) is 24.7 Å². The zero-order chi connectivity index (χ0) is 21.3. The summed E-state index contributed by atoms with van der Waals surface area (Å²) in [5.74, 6) is 0.647. The van der Waals surface area contributed by atoms with E-state index < -0.39 is 10.0 Å². The molecule has 0 bridgehead atoms. The van der Waals surface area contributed by atoms with Gasteiger partial charge in [0, 0.05) is 41.7 Å². The van der Waals surface area contributed by atoms with Gasteiger partial charge >= 0.3 is 0 Å². The second kappa shape index (κ2) is 8.57. The number of ether oxygens (including phenoxy) is 1.